The molecule has 0 radical (unpaired) electrons. The topological polar surface area (TPSA) is 63.3 Å². The van der Waals surface area contributed by atoms with Crippen LogP contribution in [0.4, 0.5) is 0 Å². The van der Waals surface area contributed by atoms with Gasteiger partial charge in [0, 0.05) is 24.8 Å². The van der Waals surface area contributed by atoms with Crippen molar-refractivity contribution in [1.29, 1.82) is 0 Å². The van der Waals surface area contributed by atoms with Gasteiger partial charge in [0.15, 0.2) is 0 Å². The molecular weight excluding hydrogens is 304 g/mol. The summed E-state index contributed by atoms with van der Waals surface area (Å²) in [5.41, 5.74) is 2.00. The Balaban J connectivity index is 1.25. The number of fused-ring (bicyclic) bond motifs is 3. The summed E-state index contributed by atoms with van der Waals surface area (Å²) in [5.74, 6) is 0.732. The van der Waals surface area contributed by atoms with Crippen LogP contribution in [-0.4, -0.2) is 57.3 Å². The van der Waals surface area contributed by atoms with E-state index in [-0.39, 0.29) is 6.10 Å². The van der Waals surface area contributed by atoms with Gasteiger partial charge in [-0.1, -0.05) is 0 Å². The van der Waals surface area contributed by atoms with E-state index in [9.17, 15) is 0 Å². The molecule has 4 heterocycles. The molecule has 3 fully saturated rings. The van der Waals surface area contributed by atoms with E-state index in [0.29, 0.717) is 18.2 Å². The number of nitrogens with one attached hydrogen (secondary N) is 1. The third-order valence-electron chi connectivity index (χ3n) is 5.97. The summed E-state index contributed by atoms with van der Waals surface area (Å²) in [4.78, 5) is 14.5. The molecule has 1 saturated carbocycles. The highest BCUT2D eigenvalue weighted by atomic mass is 16.5. The molecule has 3 aliphatic rings. The van der Waals surface area contributed by atoms with Gasteiger partial charge in [-0.05, 0) is 44.6 Å². The van der Waals surface area contributed by atoms with Crippen molar-refractivity contribution in [1.82, 2.24) is 19.9 Å². The number of aryl methyl sites for hydroxylation is 1. The smallest absolute Gasteiger partial charge is 0.226 e. The van der Waals surface area contributed by atoms with Gasteiger partial charge in [0.25, 0.3) is 0 Å². The van der Waals surface area contributed by atoms with Crippen molar-refractivity contribution in [3.8, 4) is 5.88 Å². The van der Waals surface area contributed by atoms with Crippen LogP contribution in [0.5, 0.6) is 5.88 Å². The first-order chi connectivity index (χ1) is 11.8. The summed E-state index contributed by atoms with van der Waals surface area (Å²) in [7, 11) is 0. The van der Waals surface area contributed by atoms with Gasteiger partial charge in [0.1, 0.15) is 18.1 Å². The van der Waals surface area contributed by atoms with Gasteiger partial charge in [-0.3, -0.25) is 4.90 Å². The van der Waals surface area contributed by atoms with Gasteiger partial charge < -0.3 is 14.5 Å². The molecule has 2 atom stereocenters. The van der Waals surface area contributed by atoms with Crippen molar-refractivity contribution in [2.45, 2.75) is 63.3 Å². The normalized spacial score (nSPS) is 33.4. The summed E-state index contributed by atoms with van der Waals surface area (Å²) in [5, 5.41) is 1.02. The Kier molecular flexibility index (Phi) is 3.49. The average molecular weight is 328 g/mol. The molecule has 6 nitrogen and oxygen atoms in total. The van der Waals surface area contributed by atoms with Crippen LogP contribution in [0, 0.1) is 6.92 Å². The van der Waals surface area contributed by atoms with Crippen molar-refractivity contribution in [2.75, 3.05) is 13.2 Å². The van der Waals surface area contributed by atoms with Crippen LogP contribution in [0.25, 0.3) is 11.0 Å². The zero-order valence-corrected chi connectivity index (χ0v) is 14.1. The maximum absolute atomic E-state index is 6.27. The standard InChI is InChI=1S/C18H24N4O2/c1-11-7-19-17-16(11)18(21-10-20-17)24-14-4-2-12(3-5-14)22-8-15-6-13(22)9-23-15/h7,10,12-15H,2-6,8-9H2,1H3,(H,19,20,21)/t12?,13-,14?,15-/m0/s1. The predicted molar refractivity (Wildman–Crippen MR) is 90.1 cm³/mol. The van der Waals surface area contributed by atoms with E-state index >= 15 is 0 Å². The molecule has 128 valence electrons. The monoisotopic (exact) mass is 328 g/mol. The maximum Gasteiger partial charge on any atom is 0.226 e. The second-order valence-corrected chi connectivity index (χ2v) is 7.46. The quantitative estimate of drug-likeness (QED) is 0.937. The molecule has 2 bridgehead atoms. The molecule has 2 aromatic heterocycles. The minimum Gasteiger partial charge on any atom is -0.474 e. The van der Waals surface area contributed by atoms with Gasteiger partial charge in [-0.25, -0.2) is 9.97 Å². The molecule has 2 aliphatic heterocycles. The maximum atomic E-state index is 6.27. The van der Waals surface area contributed by atoms with Gasteiger partial charge >= 0.3 is 0 Å². The van der Waals surface area contributed by atoms with Crippen LogP contribution in [0.15, 0.2) is 12.5 Å². The lowest BCUT2D eigenvalue weighted by molar-refractivity contribution is -0.00506. The Labute approximate surface area is 141 Å². The minimum atomic E-state index is 0.268. The number of H-pyrrole nitrogens is 1. The van der Waals surface area contributed by atoms with Crippen LogP contribution >= 0.6 is 0 Å². The van der Waals surface area contributed by atoms with E-state index in [4.69, 9.17) is 9.47 Å². The molecule has 6 heteroatoms. The summed E-state index contributed by atoms with van der Waals surface area (Å²) in [6.07, 6.45) is 10.2. The summed E-state index contributed by atoms with van der Waals surface area (Å²) >= 11 is 0. The van der Waals surface area contributed by atoms with Gasteiger partial charge in [-0.2, -0.15) is 0 Å². The number of likely N-dealkylation sites (tertiary alicyclic amines) is 1. The first-order valence-electron chi connectivity index (χ1n) is 9.10. The number of rotatable bonds is 3. The number of hydrogen-bond acceptors (Lipinski definition) is 5. The minimum absolute atomic E-state index is 0.268. The fraction of sp³-hybridized carbons (Fsp3) is 0.667. The molecule has 0 spiro atoms. The lowest BCUT2D eigenvalue weighted by atomic mass is 9.91. The van der Waals surface area contributed by atoms with Gasteiger partial charge in [0.05, 0.1) is 18.1 Å². The Hall–Kier alpha value is -1.66. The molecule has 0 unspecified atom stereocenters. The van der Waals surface area contributed by atoms with Crippen molar-refractivity contribution >= 4 is 11.0 Å². The summed E-state index contributed by atoms with van der Waals surface area (Å²) in [6, 6.07) is 1.38. The SMILES string of the molecule is Cc1c[nH]c2ncnc(OC3CCC(N4C[C@@H]5C[C@H]4CO5)CC3)c12. The van der Waals surface area contributed by atoms with Gasteiger partial charge in [-0.15, -0.1) is 0 Å². The zero-order chi connectivity index (χ0) is 16.1. The van der Waals surface area contributed by atoms with Gasteiger partial charge in [0.2, 0.25) is 5.88 Å². The molecular formula is C18H24N4O2. The Bertz CT molecular complexity index is 738. The van der Waals surface area contributed by atoms with Crippen LogP contribution in [0.2, 0.25) is 0 Å². The van der Waals surface area contributed by atoms with E-state index < -0.39 is 0 Å². The Morgan fingerprint density at radius 3 is 2.83 bits per heavy atom. The molecule has 24 heavy (non-hydrogen) atoms. The highest BCUT2D eigenvalue weighted by Crippen LogP contribution is 2.35. The van der Waals surface area contributed by atoms with Crippen molar-refractivity contribution in [2.24, 2.45) is 0 Å². The molecule has 2 saturated heterocycles. The third kappa shape index (κ3) is 2.40. The number of aromatic amines is 1. The van der Waals surface area contributed by atoms with Crippen molar-refractivity contribution < 1.29 is 9.47 Å². The van der Waals surface area contributed by atoms with Crippen LogP contribution in [-0.2, 0) is 4.74 Å². The molecule has 0 aromatic carbocycles. The third-order valence-corrected chi connectivity index (χ3v) is 5.97. The predicted octanol–water partition coefficient (Wildman–Crippen LogP) is 2.43. The number of nitrogens with zero attached hydrogens (tertiary/aromatic N) is 3. The van der Waals surface area contributed by atoms with Crippen LogP contribution < -0.4 is 4.74 Å². The first-order valence-corrected chi connectivity index (χ1v) is 9.10. The molecule has 5 rings (SSSR count). The van der Waals surface area contributed by atoms with E-state index in [0.717, 1.165) is 48.5 Å². The fourth-order valence-electron chi connectivity index (χ4n) is 4.70. The lowest BCUT2D eigenvalue weighted by Crippen LogP contribution is -2.46. The van der Waals surface area contributed by atoms with Crippen LogP contribution in [0.3, 0.4) is 0 Å². The van der Waals surface area contributed by atoms with Crippen LogP contribution in [0.1, 0.15) is 37.7 Å². The largest absolute Gasteiger partial charge is 0.474 e. The molecule has 1 aliphatic carbocycles. The van der Waals surface area contributed by atoms with E-state index in [1.807, 2.05) is 6.20 Å². The van der Waals surface area contributed by atoms with E-state index in [2.05, 4.69) is 26.8 Å². The summed E-state index contributed by atoms with van der Waals surface area (Å²) in [6.45, 7) is 4.14. The lowest BCUT2D eigenvalue weighted by Gasteiger charge is -2.38. The summed E-state index contributed by atoms with van der Waals surface area (Å²) < 4.78 is 12.0. The van der Waals surface area contributed by atoms with Crippen molar-refractivity contribution in [3.63, 3.8) is 0 Å². The van der Waals surface area contributed by atoms with E-state index in [1.54, 1.807) is 6.33 Å². The Morgan fingerprint density at radius 2 is 2.08 bits per heavy atom. The number of hydrogen-bond donors (Lipinski definition) is 1. The van der Waals surface area contributed by atoms with E-state index in [1.165, 1.54) is 19.3 Å². The highest BCUT2D eigenvalue weighted by Gasteiger charge is 2.42. The first kappa shape index (κ1) is 14.7. The Morgan fingerprint density at radius 1 is 1.21 bits per heavy atom. The zero-order valence-electron chi connectivity index (χ0n) is 14.1. The number of morpholine rings is 1. The van der Waals surface area contributed by atoms with Crippen molar-refractivity contribution in [3.05, 3.63) is 18.1 Å². The number of ether oxygens (including phenoxy) is 2. The fourth-order valence-corrected chi connectivity index (χ4v) is 4.70. The second-order valence-electron chi connectivity index (χ2n) is 7.46. The second kappa shape index (κ2) is 5.70. The molecule has 0 amide bonds. The highest BCUT2D eigenvalue weighted by molar-refractivity contribution is 5.84. The average Bonchev–Trinajstić information content (AvgIpc) is 3.32. The molecule has 1 N–H and O–H groups in total. The molecule has 2 aromatic rings. The number of aromatic nitrogens is 3.